The highest BCUT2D eigenvalue weighted by molar-refractivity contribution is 5.92. The zero-order chi connectivity index (χ0) is 15.5. The maximum atomic E-state index is 5.99. The first-order chi connectivity index (χ1) is 10.6. The predicted octanol–water partition coefficient (Wildman–Crippen LogP) is 3.21. The molecule has 3 rings (SSSR count). The lowest BCUT2D eigenvalue weighted by Gasteiger charge is -2.09. The van der Waals surface area contributed by atoms with Crippen LogP contribution in [0.25, 0.3) is 0 Å². The second-order valence-corrected chi connectivity index (χ2v) is 5.70. The van der Waals surface area contributed by atoms with E-state index in [-0.39, 0.29) is 5.92 Å². The molecule has 0 radical (unpaired) electrons. The number of nitrogens with two attached hydrogens (primary N) is 1. The fraction of sp³-hybridized carbons (Fsp3) is 0.278. The normalized spacial score (nSPS) is 17.0. The van der Waals surface area contributed by atoms with E-state index in [1.807, 2.05) is 24.3 Å². The Morgan fingerprint density at radius 2 is 2.05 bits per heavy atom. The van der Waals surface area contributed by atoms with E-state index in [0.717, 1.165) is 11.4 Å². The van der Waals surface area contributed by atoms with Crippen molar-refractivity contribution >= 4 is 11.6 Å². The molecule has 22 heavy (non-hydrogen) atoms. The molecule has 1 unspecified atom stereocenters. The first kappa shape index (κ1) is 14.4. The molecule has 3 N–H and O–H groups in total. The van der Waals surface area contributed by atoms with Crippen molar-refractivity contribution in [1.29, 1.82) is 0 Å². The smallest absolute Gasteiger partial charge is 0.193 e. The number of para-hydroxylation sites is 1. The Bertz CT molecular complexity index is 709. The topological polar surface area (TPSA) is 59.6 Å². The second kappa shape index (κ2) is 6.10. The molecular weight excluding hydrogens is 274 g/mol. The van der Waals surface area contributed by atoms with Crippen LogP contribution in [0.1, 0.15) is 22.6 Å². The number of fused-ring (bicyclic) bond motifs is 1. The summed E-state index contributed by atoms with van der Waals surface area (Å²) in [6.07, 6.45) is 0. The molecule has 0 spiro atoms. The van der Waals surface area contributed by atoms with Crippen molar-refractivity contribution in [2.75, 3.05) is 18.5 Å². The summed E-state index contributed by atoms with van der Waals surface area (Å²) in [4.78, 5) is 4.46. The molecule has 2 aromatic carbocycles. The van der Waals surface area contributed by atoms with Gasteiger partial charge in [0.15, 0.2) is 5.96 Å². The van der Waals surface area contributed by atoms with E-state index in [4.69, 9.17) is 10.5 Å². The SMILES string of the molecule is Cc1ccc(NC(N)=NCC2COc3ccccc32)cc1C. The number of ether oxygens (including phenoxy) is 1. The largest absolute Gasteiger partial charge is 0.493 e. The molecule has 0 aromatic heterocycles. The van der Waals surface area contributed by atoms with Gasteiger partial charge >= 0.3 is 0 Å². The molecule has 0 saturated heterocycles. The van der Waals surface area contributed by atoms with Gasteiger partial charge in [0, 0.05) is 17.2 Å². The van der Waals surface area contributed by atoms with E-state index in [0.29, 0.717) is 19.1 Å². The molecule has 0 aliphatic carbocycles. The van der Waals surface area contributed by atoms with Gasteiger partial charge in [-0.3, -0.25) is 4.99 Å². The van der Waals surface area contributed by atoms with Crippen LogP contribution in [0.15, 0.2) is 47.5 Å². The molecular formula is C18H21N3O. The number of nitrogens with one attached hydrogen (secondary N) is 1. The Balaban J connectivity index is 1.64. The predicted molar refractivity (Wildman–Crippen MR) is 90.7 cm³/mol. The number of aliphatic imine (C=N–C) groups is 1. The van der Waals surface area contributed by atoms with Crippen LogP contribution >= 0.6 is 0 Å². The third-order valence-corrected chi connectivity index (χ3v) is 4.06. The van der Waals surface area contributed by atoms with Crippen molar-refractivity contribution in [3.8, 4) is 5.75 Å². The highest BCUT2D eigenvalue weighted by Crippen LogP contribution is 2.33. The van der Waals surface area contributed by atoms with Crippen molar-refractivity contribution in [2.24, 2.45) is 10.7 Å². The standard InChI is InChI=1S/C18H21N3O/c1-12-7-8-15(9-13(12)2)21-18(19)20-10-14-11-22-17-6-4-3-5-16(14)17/h3-9,14H,10-11H2,1-2H3,(H3,19,20,21). The lowest BCUT2D eigenvalue weighted by atomic mass is 10.0. The number of nitrogens with zero attached hydrogens (tertiary/aromatic N) is 1. The molecule has 4 heteroatoms. The van der Waals surface area contributed by atoms with Gasteiger partial charge < -0.3 is 15.8 Å². The molecule has 2 aromatic rings. The van der Waals surface area contributed by atoms with Crippen LogP contribution in [0.3, 0.4) is 0 Å². The average molecular weight is 295 g/mol. The van der Waals surface area contributed by atoms with Gasteiger partial charge in [-0.2, -0.15) is 0 Å². The third kappa shape index (κ3) is 3.06. The van der Waals surface area contributed by atoms with Gasteiger partial charge in [0.2, 0.25) is 0 Å². The Hall–Kier alpha value is -2.49. The van der Waals surface area contributed by atoms with Crippen LogP contribution in [0.2, 0.25) is 0 Å². The summed E-state index contributed by atoms with van der Waals surface area (Å²) in [6, 6.07) is 14.3. The summed E-state index contributed by atoms with van der Waals surface area (Å²) in [5.74, 6) is 1.67. The molecule has 1 aliphatic rings. The first-order valence-electron chi connectivity index (χ1n) is 7.49. The minimum Gasteiger partial charge on any atom is -0.493 e. The quantitative estimate of drug-likeness (QED) is 0.675. The average Bonchev–Trinajstić information content (AvgIpc) is 2.92. The minimum absolute atomic E-state index is 0.274. The van der Waals surface area contributed by atoms with Crippen LogP contribution < -0.4 is 15.8 Å². The molecule has 1 heterocycles. The summed E-state index contributed by atoms with van der Waals surface area (Å²) < 4.78 is 5.66. The highest BCUT2D eigenvalue weighted by Gasteiger charge is 2.23. The van der Waals surface area contributed by atoms with E-state index < -0.39 is 0 Å². The van der Waals surface area contributed by atoms with Gasteiger partial charge in [0.1, 0.15) is 5.75 Å². The Morgan fingerprint density at radius 1 is 1.23 bits per heavy atom. The number of hydrogen-bond acceptors (Lipinski definition) is 2. The van der Waals surface area contributed by atoms with Gasteiger partial charge in [0.05, 0.1) is 13.2 Å². The van der Waals surface area contributed by atoms with Gasteiger partial charge in [-0.1, -0.05) is 24.3 Å². The van der Waals surface area contributed by atoms with E-state index in [1.54, 1.807) is 0 Å². The van der Waals surface area contributed by atoms with Crippen molar-refractivity contribution in [1.82, 2.24) is 0 Å². The number of rotatable bonds is 3. The number of guanidine groups is 1. The van der Waals surface area contributed by atoms with Gasteiger partial charge in [-0.25, -0.2) is 0 Å². The van der Waals surface area contributed by atoms with Crippen LogP contribution in [-0.2, 0) is 0 Å². The number of hydrogen-bond donors (Lipinski definition) is 2. The molecule has 0 fully saturated rings. The van der Waals surface area contributed by atoms with Crippen LogP contribution in [0.4, 0.5) is 5.69 Å². The molecule has 4 nitrogen and oxygen atoms in total. The summed E-state index contributed by atoms with van der Waals surface area (Å²) in [5.41, 5.74) is 10.7. The number of anilines is 1. The summed E-state index contributed by atoms with van der Waals surface area (Å²) in [7, 11) is 0. The maximum Gasteiger partial charge on any atom is 0.193 e. The molecule has 1 aliphatic heterocycles. The van der Waals surface area contributed by atoms with Crippen LogP contribution in [0.5, 0.6) is 5.75 Å². The van der Waals surface area contributed by atoms with E-state index >= 15 is 0 Å². The van der Waals surface area contributed by atoms with Crippen LogP contribution in [0, 0.1) is 13.8 Å². The molecule has 0 saturated carbocycles. The third-order valence-electron chi connectivity index (χ3n) is 4.06. The lowest BCUT2D eigenvalue weighted by molar-refractivity contribution is 0.333. The monoisotopic (exact) mass is 295 g/mol. The number of benzene rings is 2. The van der Waals surface area contributed by atoms with Crippen molar-refractivity contribution in [3.63, 3.8) is 0 Å². The number of aryl methyl sites for hydroxylation is 2. The van der Waals surface area contributed by atoms with Crippen molar-refractivity contribution in [3.05, 3.63) is 59.2 Å². The van der Waals surface area contributed by atoms with E-state index in [1.165, 1.54) is 16.7 Å². The molecule has 0 bridgehead atoms. The Kier molecular flexibility index (Phi) is 4.00. The fourth-order valence-electron chi connectivity index (χ4n) is 2.60. The Morgan fingerprint density at radius 3 is 2.86 bits per heavy atom. The molecule has 1 atom stereocenters. The van der Waals surface area contributed by atoms with Crippen molar-refractivity contribution in [2.45, 2.75) is 19.8 Å². The zero-order valence-corrected chi connectivity index (χ0v) is 13.0. The maximum absolute atomic E-state index is 5.99. The second-order valence-electron chi connectivity index (χ2n) is 5.70. The fourth-order valence-corrected chi connectivity index (χ4v) is 2.60. The minimum atomic E-state index is 0.274. The van der Waals surface area contributed by atoms with Gasteiger partial charge in [0.25, 0.3) is 0 Å². The van der Waals surface area contributed by atoms with Crippen LogP contribution in [-0.4, -0.2) is 19.1 Å². The summed E-state index contributed by atoms with van der Waals surface area (Å²) in [5, 5.41) is 3.14. The Labute approximate surface area is 131 Å². The van der Waals surface area contributed by atoms with Gasteiger partial charge in [-0.15, -0.1) is 0 Å². The molecule has 114 valence electrons. The molecule has 0 amide bonds. The zero-order valence-electron chi connectivity index (χ0n) is 13.0. The summed E-state index contributed by atoms with van der Waals surface area (Å²) >= 11 is 0. The first-order valence-corrected chi connectivity index (χ1v) is 7.49. The summed E-state index contributed by atoms with van der Waals surface area (Å²) in [6.45, 7) is 5.47. The lowest BCUT2D eigenvalue weighted by Crippen LogP contribution is -2.23. The van der Waals surface area contributed by atoms with Gasteiger partial charge in [-0.05, 0) is 43.2 Å². The van der Waals surface area contributed by atoms with E-state index in [9.17, 15) is 0 Å². The van der Waals surface area contributed by atoms with E-state index in [2.05, 4.69) is 42.4 Å². The van der Waals surface area contributed by atoms with Crippen molar-refractivity contribution < 1.29 is 4.74 Å². The highest BCUT2D eigenvalue weighted by atomic mass is 16.5.